The highest BCUT2D eigenvalue weighted by Gasteiger charge is 2.22. The number of carbonyl (C=O) groups excluding carboxylic acids is 1. The number of hydrogen-bond donors (Lipinski definition) is 1. The molecule has 1 N–H and O–H groups in total. The second-order valence-corrected chi connectivity index (χ2v) is 5.52. The fraction of sp³-hybridized carbons (Fsp3) is 0. The largest absolute Gasteiger partial charge is 0.300 e. The van der Waals surface area contributed by atoms with Gasteiger partial charge in [0.1, 0.15) is 0 Å². The molecule has 5 heteroatoms. The number of allylic oxidation sites excluding steroid dienone is 2. The zero-order valence-electron chi connectivity index (χ0n) is 11.6. The molecule has 0 bridgehead atoms. The van der Waals surface area contributed by atoms with Gasteiger partial charge in [-0.3, -0.25) is 9.78 Å². The number of amides is 1. The second kappa shape index (κ2) is 6.87. The standard InChI is InChI=1S/C17H13N3OS/c21-16-15(10-4-8-13-6-2-1-3-7-13)22-17(20-16)19-14-9-5-11-18-12-14/h1-12H,(H,19,20,21)/b8-4+,15-10+. The van der Waals surface area contributed by atoms with Gasteiger partial charge in [0.25, 0.3) is 5.91 Å². The van der Waals surface area contributed by atoms with E-state index < -0.39 is 0 Å². The van der Waals surface area contributed by atoms with Crippen molar-refractivity contribution in [3.63, 3.8) is 0 Å². The summed E-state index contributed by atoms with van der Waals surface area (Å²) in [7, 11) is 0. The lowest BCUT2D eigenvalue weighted by atomic mass is 10.2. The molecule has 0 radical (unpaired) electrons. The number of pyridine rings is 1. The van der Waals surface area contributed by atoms with Gasteiger partial charge in [-0.2, -0.15) is 0 Å². The van der Waals surface area contributed by atoms with Gasteiger partial charge >= 0.3 is 0 Å². The minimum absolute atomic E-state index is 0.134. The molecule has 0 unspecified atom stereocenters. The fourth-order valence-electron chi connectivity index (χ4n) is 1.84. The monoisotopic (exact) mass is 307 g/mol. The minimum atomic E-state index is -0.134. The number of amidine groups is 1. The zero-order valence-corrected chi connectivity index (χ0v) is 12.5. The van der Waals surface area contributed by atoms with Crippen LogP contribution in [-0.2, 0) is 4.79 Å². The molecule has 22 heavy (non-hydrogen) atoms. The Balaban J connectivity index is 1.71. The summed E-state index contributed by atoms with van der Waals surface area (Å²) in [5.41, 5.74) is 1.80. The third-order valence-corrected chi connectivity index (χ3v) is 3.79. The SMILES string of the molecule is O=C1NC(=Nc2cccnc2)S/C1=C/C=C/c1ccccc1. The summed E-state index contributed by atoms with van der Waals surface area (Å²) in [6, 6.07) is 13.6. The first-order valence-electron chi connectivity index (χ1n) is 6.72. The Morgan fingerprint density at radius 3 is 2.77 bits per heavy atom. The third-order valence-electron chi connectivity index (χ3n) is 2.86. The first-order chi connectivity index (χ1) is 10.8. The molecule has 1 aromatic heterocycles. The molecule has 1 aromatic carbocycles. The molecule has 1 aliphatic heterocycles. The molecule has 1 fully saturated rings. The van der Waals surface area contributed by atoms with E-state index in [4.69, 9.17) is 0 Å². The van der Waals surface area contributed by atoms with Crippen LogP contribution in [0.25, 0.3) is 6.08 Å². The summed E-state index contributed by atoms with van der Waals surface area (Å²) in [6.07, 6.45) is 8.95. The topological polar surface area (TPSA) is 54.4 Å². The van der Waals surface area contributed by atoms with E-state index in [-0.39, 0.29) is 5.91 Å². The Morgan fingerprint density at radius 1 is 1.14 bits per heavy atom. The van der Waals surface area contributed by atoms with Crippen LogP contribution >= 0.6 is 11.8 Å². The summed E-state index contributed by atoms with van der Waals surface area (Å²) in [6.45, 7) is 0. The number of carbonyl (C=O) groups is 1. The third kappa shape index (κ3) is 3.71. The molecule has 0 saturated carbocycles. The number of nitrogens with zero attached hydrogens (tertiary/aromatic N) is 2. The van der Waals surface area contributed by atoms with E-state index in [9.17, 15) is 4.79 Å². The van der Waals surface area contributed by atoms with E-state index in [1.165, 1.54) is 11.8 Å². The van der Waals surface area contributed by atoms with E-state index in [0.717, 1.165) is 5.56 Å². The van der Waals surface area contributed by atoms with Crippen molar-refractivity contribution < 1.29 is 4.79 Å². The smallest absolute Gasteiger partial charge is 0.264 e. The summed E-state index contributed by atoms with van der Waals surface area (Å²) < 4.78 is 0. The van der Waals surface area contributed by atoms with Crippen molar-refractivity contribution in [3.8, 4) is 0 Å². The maximum atomic E-state index is 11.9. The van der Waals surface area contributed by atoms with E-state index in [2.05, 4.69) is 15.3 Å². The van der Waals surface area contributed by atoms with Crippen molar-refractivity contribution in [1.29, 1.82) is 0 Å². The van der Waals surface area contributed by atoms with Crippen LogP contribution in [0.3, 0.4) is 0 Å². The molecule has 1 saturated heterocycles. The second-order valence-electron chi connectivity index (χ2n) is 4.49. The lowest BCUT2D eigenvalue weighted by Gasteiger charge is -1.94. The van der Waals surface area contributed by atoms with Crippen LogP contribution in [0.1, 0.15) is 5.56 Å². The summed E-state index contributed by atoms with van der Waals surface area (Å²) in [4.78, 5) is 20.8. The first kappa shape index (κ1) is 14.3. The lowest BCUT2D eigenvalue weighted by molar-refractivity contribution is -0.115. The van der Waals surface area contributed by atoms with Gasteiger partial charge in [-0.15, -0.1) is 0 Å². The van der Waals surface area contributed by atoms with Crippen molar-refractivity contribution >= 4 is 34.6 Å². The average Bonchev–Trinajstić information content (AvgIpc) is 2.89. The van der Waals surface area contributed by atoms with E-state index in [1.54, 1.807) is 24.5 Å². The molecule has 4 nitrogen and oxygen atoms in total. The van der Waals surface area contributed by atoms with Crippen LogP contribution in [0.5, 0.6) is 0 Å². The van der Waals surface area contributed by atoms with Gasteiger partial charge < -0.3 is 5.32 Å². The molecule has 0 atom stereocenters. The molecular weight excluding hydrogens is 294 g/mol. The Bertz CT molecular complexity index is 752. The Morgan fingerprint density at radius 2 is 2.00 bits per heavy atom. The number of aromatic nitrogens is 1. The van der Waals surface area contributed by atoms with E-state index in [1.807, 2.05) is 48.6 Å². The Kier molecular flexibility index (Phi) is 4.46. The number of nitrogens with one attached hydrogen (secondary N) is 1. The zero-order chi connectivity index (χ0) is 15.2. The van der Waals surface area contributed by atoms with Gasteiger partial charge in [-0.25, -0.2) is 4.99 Å². The minimum Gasteiger partial charge on any atom is -0.300 e. The maximum Gasteiger partial charge on any atom is 0.264 e. The number of hydrogen-bond acceptors (Lipinski definition) is 4. The molecule has 2 aromatic rings. The Hall–Kier alpha value is -2.66. The van der Waals surface area contributed by atoms with Gasteiger partial charge in [0.2, 0.25) is 0 Å². The first-order valence-corrected chi connectivity index (χ1v) is 7.54. The van der Waals surface area contributed by atoms with Gasteiger partial charge in [-0.1, -0.05) is 42.5 Å². The van der Waals surface area contributed by atoms with Crippen LogP contribution < -0.4 is 5.32 Å². The highest BCUT2D eigenvalue weighted by Crippen LogP contribution is 2.25. The molecule has 3 rings (SSSR count). The average molecular weight is 307 g/mol. The van der Waals surface area contributed by atoms with Crippen molar-refractivity contribution in [2.24, 2.45) is 4.99 Å². The molecule has 0 spiro atoms. The number of benzene rings is 1. The summed E-state index contributed by atoms with van der Waals surface area (Å²) in [5.74, 6) is -0.134. The van der Waals surface area contributed by atoms with Crippen LogP contribution in [0.15, 0.2) is 76.9 Å². The van der Waals surface area contributed by atoms with E-state index in [0.29, 0.717) is 15.8 Å². The number of rotatable bonds is 3. The van der Waals surface area contributed by atoms with Crippen LogP contribution in [0.2, 0.25) is 0 Å². The highest BCUT2D eigenvalue weighted by atomic mass is 32.2. The van der Waals surface area contributed by atoms with Crippen molar-refractivity contribution in [2.75, 3.05) is 0 Å². The lowest BCUT2D eigenvalue weighted by Crippen LogP contribution is -2.19. The predicted molar refractivity (Wildman–Crippen MR) is 90.6 cm³/mol. The van der Waals surface area contributed by atoms with Gasteiger partial charge in [0.05, 0.1) is 16.8 Å². The molecule has 108 valence electrons. The highest BCUT2D eigenvalue weighted by molar-refractivity contribution is 8.18. The van der Waals surface area contributed by atoms with E-state index >= 15 is 0 Å². The normalized spacial score (nSPS) is 18.3. The van der Waals surface area contributed by atoms with Crippen molar-refractivity contribution in [2.45, 2.75) is 0 Å². The number of thioether (sulfide) groups is 1. The quantitative estimate of drug-likeness (QED) is 0.883. The Labute approximate surface area is 132 Å². The molecule has 0 aliphatic carbocycles. The van der Waals surface area contributed by atoms with Gasteiger partial charge in [0.15, 0.2) is 5.17 Å². The van der Waals surface area contributed by atoms with Gasteiger partial charge in [0, 0.05) is 6.20 Å². The molecule has 1 amide bonds. The summed E-state index contributed by atoms with van der Waals surface area (Å²) in [5, 5.41) is 3.31. The van der Waals surface area contributed by atoms with Crippen molar-refractivity contribution in [1.82, 2.24) is 10.3 Å². The van der Waals surface area contributed by atoms with Gasteiger partial charge in [-0.05, 0) is 35.5 Å². The number of aliphatic imine (C=N–C) groups is 1. The molecular formula is C17H13N3OS. The van der Waals surface area contributed by atoms with Crippen molar-refractivity contribution in [3.05, 3.63) is 77.5 Å². The molecule has 2 heterocycles. The van der Waals surface area contributed by atoms with Crippen LogP contribution in [-0.4, -0.2) is 16.1 Å². The predicted octanol–water partition coefficient (Wildman–Crippen LogP) is 3.53. The van der Waals surface area contributed by atoms with Crippen LogP contribution in [0, 0.1) is 0 Å². The fourth-order valence-corrected chi connectivity index (χ4v) is 2.64. The summed E-state index contributed by atoms with van der Waals surface area (Å²) >= 11 is 1.32. The maximum absolute atomic E-state index is 11.9. The molecule has 1 aliphatic rings. The van der Waals surface area contributed by atoms with Crippen LogP contribution in [0.4, 0.5) is 5.69 Å².